The molecule has 1 heteroatoms. The van der Waals surface area contributed by atoms with Gasteiger partial charge in [-0.05, 0) is 38.3 Å². The first-order valence-corrected chi connectivity index (χ1v) is 5.48. The van der Waals surface area contributed by atoms with Gasteiger partial charge in [0, 0.05) is 12.6 Å². The Balaban J connectivity index is 2.03. The third kappa shape index (κ3) is 2.16. The number of piperidine rings is 1. The number of nitrogens with zero attached hydrogens (tertiary/aromatic N) is 1. The second kappa shape index (κ2) is 4.61. The average molecular weight is 188 g/mol. The van der Waals surface area contributed by atoms with Crippen LogP contribution in [0, 0.1) is 6.42 Å². The second-order valence-electron chi connectivity index (χ2n) is 4.01. The Morgan fingerprint density at radius 3 is 2.64 bits per heavy atom. The molecule has 1 atom stereocenters. The van der Waals surface area contributed by atoms with E-state index in [0.29, 0.717) is 6.04 Å². The van der Waals surface area contributed by atoms with Crippen molar-refractivity contribution in [3.63, 3.8) is 0 Å². The number of rotatable bonds is 2. The van der Waals surface area contributed by atoms with Crippen molar-refractivity contribution >= 4 is 0 Å². The minimum absolute atomic E-state index is 0.563. The van der Waals surface area contributed by atoms with Crippen molar-refractivity contribution in [2.24, 2.45) is 0 Å². The first-order chi connectivity index (χ1) is 6.88. The predicted molar refractivity (Wildman–Crippen MR) is 60.0 cm³/mol. The van der Waals surface area contributed by atoms with Crippen LogP contribution in [0.1, 0.15) is 31.4 Å². The highest BCUT2D eigenvalue weighted by Crippen LogP contribution is 2.22. The van der Waals surface area contributed by atoms with Gasteiger partial charge in [-0.1, -0.05) is 30.3 Å². The van der Waals surface area contributed by atoms with E-state index in [9.17, 15) is 0 Å². The summed E-state index contributed by atoms with van der Waals surface area (Å²) in [7, 11) is 0. The first kappa shape index (κ1) is 9.72. The molecule has 1 saturated heterocycles. The van der Waals surface area contributed by atoms with E-state index < -0.39 is 0 Å². The van der Waals surface area contributed by atoms with Crippen LogP contribution in [0.2, 0.25) is 0 Å². The summed E-state index contributed by atoms with van der Waals surface area (Å²) in [6.07, 6.45) is 5.00. The van der Waals surface area contributed by atoms with E-state index in [1.54, 1.807) is 0 Å². The van der Waals surface area contributed by atoms with Crippen LogP contribution in [-0.2, 0) is 0 Å². The van der Waals surface area contributed by atoms with E-state index in [2.05, 4.69) is 48.6 Å². The quantitative estimate of drug-likeness (QED) is 0.689. The summed E-state index contributed by atoms with van der Waals surface area (Å²) >= 11 is 0. The molecule has 1 aliphatic rings. The molecule has 1 aromatic rings. The lowest BCUT2D eigenvalue weighted by Crippen LogP contribution is -2.32. The first-order valence-electron chi connectivity index (χ1n) is 5.48. The van der Waals surface area contributed by atoms with Gasteiger partial charge in [-0.3, -0.25) is 4.90 Å². The molecule has 1 heterocycles. The zero-order valence-electron chi connectivity index (χ0n) is 8.82. The van der Waals surface area contributed by atoms with E-state index in [0.717, 1.165) is 6.54 Å². The highest BCUT2D eigenvalue weighted by Gasteiger charge is 2.17. The van der Waals surface area contributed by atoms with Crippen molar-refractivity contribution in [2.75, 3.05) is 13.1 Å². The van der Waals surface area contributed by atoms with Crippen molar-refractivity contribution in [1.82, 2.24) is 4.90 Å². The standard InChI is InChI=1S/C13H18N/c1-12(13-8-4-2-5-9-13)14-10-6-3-7-11-14/h2,4-6,8-9,12H,3,7,10-11H2,1H3. The Bertz CT molecular complexity index is 262. The molecule has 0 aromatic heterocycles. The minimum Gasteiger partial charge on any atom is -0.296 e. The van der Waals surface area contributed by atoms with E-state index in [-0.39, 0.29) is 0 Å². The van der Waals surface area contributed by atoms with Crippen molar-refractivity contribution in [2.45, 2.75) is 25.8 Å². The SMILES string of the molecule is CC(c1ccccc1)N1C[CH]CCC1. The van der Waals surface area contributed by atoms with Crippen LogP contribution in [0.4, 0.5) is 0 Å². The molecule has 0 saturated carbocycles. The molecule has 0 amide bonds. The maximum atomic E-state index is 2.54. The molecule has 1 aromatic carbocycles. The van der Waals surface area contributed by atoms with Crippen molar-refractivity contribution in [3.05, 3.63) is 42.3 Å². The summed E-state index contributed by atoms with van der Waals surface area (Å²) in [5.41, 5.74) is 1.43. The number of hydrogen-bond acceptors (Lipinski definition) is 1. The number of likely N-dealkylation sites (tertiary alicyclic amines) is 1. The van der Waals surface area contributed by atoms with Crippen LogP contribution >= 0.6 is 0 Å². The van der Waals surface area contributed by atoms with E-state index >= 15 is 0 Å². The summed E-state index contributed by atoms with van der Waals surface area (Å²) in [5, 5.41) is 0. The maximum Gasteiger partial charge on any atom is 0.0319 e. The topological polar surface area (TPSA) is 3.24 Å². The van der Waals surface area contributed by atoms with Crippen molar-refractivity contribution in [1.29, 1.82) is 0 Å². The molecular formula is C13H18N. The Labute approximate surface area is 86.7 Å². The summed E-state index contributed by atoms with van der Waals surface area (Å²) < 4.78 is 0. The van der Waals surface area contributed by atoms with Crippen LogP contribution in [0.3, 0.4) is 0 Å². The van der Waals surface area contributed by atoms with Crippen LogP contribution in [0.15, 0.2) is 30.3 Å². The van der Waals surface area contributed by atoms with E-state index in [1.807, 2.05) is 0 Å². The van der Waals surface area contributed by atoms with Crippen LogP contribution in [0.25, 0.3) is 0 Å². The summed E-state index contributed by atoms with van der Waals surface area (Å²) in [6.45, 7) is 4.69. The van der Waals surface area contributed by atoms with Gasteiger partial charge < -0.3 is 0 Å². The normalized spacial score (nSPS) is 20.6. The molecule has 1 nitrogen and oxygen atoms in total. The lowest BCUT2D eigenvalue weighted by molar-refractivity contribution is 0.202. The zero-order valence-corrected chi connectivity index (χ0v) is 8.82. The van der Waals surface area contributed by atoms with Gasteiger partial charge >= 0.3 is 0 Å². The molecule has 0 spiro atoms. The largest absolute Gasteiger partial charge is 0.296 e. The fourth-order valence-corrected chi connectivity index (χ4v) is 2.08. The average Bonchev–Trinajstić information content (AvgIpc) is 2.30. The second-order valence-corrected chi connectivity index (χ2v) is 4.01. The molecule has 1 unspecified atom stereocenters. The number of hydrogen-bond donors (Lipinski definition) is 0. The summed E-state index contributed by atoms with van der Waals surface area (Å²) in [6, 6.07) is 11.3. The van der Waals surface area contributed by atoms with Gasteiger partial charge in [0.2, 0.25) is 0 Å². The van der Waals surface area contributed by atoms with E-state index in [1.165, 1.54) is 24.9 Å². The van der Waals surface area contributed by atoms with Gasteiger partial charge in [-0.15, -0.1) is 0 Å². The molecule has 0 aliphatic carbocycles. The van der Waals surface area contributed by atoms with Crippen molar-refractivity contribution < 1.29 is 0 Å². The van der Waals surface area contributed by atoms with E-state index in [4.69, 9.17) is 0 Å². The molecule has 0 N–H and O–H groups in total. The maximum absolute atomic E-state index is 2.54. The molecule has 1 radical (unpaired) electrons. The van der Waals surface area contributed by atoms with Gasteiger partial charge in [-0.25, -0.2) is 0 Å². The van der Waals surface area contributed by atoms with Crippen LogP contribution < -0.4 is 0 Å². The van der Waals surface area contributed by atoms with Crippen LogP contribution in [-0.4, -0.2) is 18.0 Å². The smallest absolute Gasteiger partial charge is 0.0319 e. The zero-order chi connectivity index (χ0) is 9.80. The fraction of sp³-hybridized carbons (Fsp3) is 0.462. The van der Waals surface area contributed by atoms with Crippen molar-refractivity contribution in [3.8, 4) is 0 Å². The van der Waals surface area contributed by atoms with Gasteiger partial charge in [0.25, 0.3) is 0 Å². The predicted octanol–water partition coefficient (Wildman–Crippen LogP) is 3.05. The van der Waals surface area contributed by atoms with Gasteiger partial charge in [0.05, 0.1) is 0 Å². The lowest BCUT2D eigenvalue weighted by Gasteiger charge is -2.32. The third-order valence-electron chi connectivity index (χ3n) is 3.05. The van der Waals surface area contributed by atoms with Gasteiger partial charge in [0.1, 0.15) is 0 Å². The summed E-state index contributed by atoms with van der Waals surface area (Å²) in [4.78, 5) is 2.54. The Kier molecular flexibility index (Phi) is 3.20. The Morgan fingerprint density at radius 1 is 1.21 bits per heavy atom. The van der Waals surface area contributed by atoms with Crippen LogP contribution in [0.5, 0.6) is 0 Å². The lowest BCUT2D eigenvalue weighted by atomic mass is 10.0. The fourth-order valence-electron chi connectivity index (χ4n) is 2.08. The molecule has 1 fully saturated rings. The minimum atomic E-state index is 0.563. The third-order valence-corrected chi connectivity index (χ3v) is 3.05. The molecule has 1 aliphatic heterocycles. The highest BCUT2D eigenvalue weighted by molar-refractivity contribution is 5.18. The van der Waals surface area contributed by atoms with Gasteiger partial charge in [0.15, 0.2) is 0 Å². The monoisotopic (exact) mass is 188 g/mol. The molecule has 2 rings (SSSR count). The van der Waals surface area contributed by atoms with Gasteiger partial charge in [-0.2, -0.15) is 0 Å². The Morgan fingerprint density at radius 2 is 2.00 bits per heavy atom. The Hall–Kier alpha value is -0.820. The summed E-state index contributed by atoms with van der Waals surface area (Å²) in [5.74, 6) is 0. The molecule has 14 heavy (non-hydrogen) atoms. The number of benzene rings is 1. The molecule has 75 valence electrons. The molecule has 0 bridgehead atoms. The molecular weight excluding hydrogens is 170 g/mol. The highest BCUT2D eigenvalue weighted by atomic mass is 15.2.